The van der Waals surface area contributed by atoms with Gasteiger partial charge in [-0.15, -0.1) is 0 Å². The van der Waals surface area contributed by atoms with Crippen LogP contribution in [0.4, 0.5) is 10.5 Å². The van der Waals surface area contributed by atoms with Gasteiger partial charge in [-0.2, -0.15) is 5.10 Å². The van der Waals surface area contributed by atoms with Crippen molar-refractivity contribution in [2.75, 3.05) is 32.2 Å². The van der Waals surface area contributed by atoms with E-state index >= 15 is 0 Å². The monoisotopic (exact) mass is 464 g/mol. The van der Waals surface area contributed by atoms with Crippen molar-refractivity contribution in [2.24, 2.45) is 0 Å². The maximum Gasteiger partial charge on any atom is 0.411 e. The molecule has 0 fully saturated rings. The van der Waals surface area contributed by atoms with Gasteiger partial charge in [0.2, 0.25) is 0 Å². The van der Waals surface area contributed by atoms with E-state index in [0.717, 1.165) is 17.5 Å². The van der Waals surface area contributed by atoms with E-state index < -0.39 is 6.09 Å². The van der Waals surface area contributed by atoms with Crippen LogP contribution in [0.15, 0.2) is 65.5 Å². The Hall–Kier alpha value is -3.98. The van der Waals surface area contributed by atoms with Crippen LogP contribution in [0.3, 0.4) is 0 Å². The molecular weight excluding hydrogens is 436 g/mol. The molecule has 0 aliphatic carbocycles. The highest BCUT2D eigenvalue weighted by Gasteiger charge is 2.09. The van der Waals surface area contributed by atoms with E-state index in [-0.39, 0.29) is 24.6 Å². The minimum Gasteiger partial charge on any atom is -0.450 e. The Morgan fingerprint density at radius 1 is 1.06 bits per heavy atom. The molecule has 0 bridgehead atoms. The molecule has 0 saturated carbocycles. The Morgan fingerprint density at radius 3 is 2.59 bits per heavy atom. The fourth-order valence-electron chi connectivity index (χ4n) is 3.23. The Morgan fingerprint density at radius 2 is 1.85 bits per heavy atom. The van der Waals surface area contributed by atoms with Gasteiger partial charge < -0.3 is 14.8 Å². The highest BCUT2D eigenvalue weighted by atomic mass is 16.5. The summed E-state index contributed by atoms with van der Waals surface area (Å²) < 4.78 is 11.2. The number of nitrogens with zero attached hydrogens (tertiary/aromatic N) is 2. The summed E-state index contributed by atoms with van der Waals surface area (Å²) in [6, 6.07) is 17.3. The molecule has 1 aromatic heterocycles. The number of carbonyl (C=O) groups excluding carboxylic acids is 2. The second kappa shape index (κ2) is 12.3. The van der Waals surface area contributed by atoms with Gasteiger partial charge in [-0.05, 0) is 49.2 Å². The third kappa shape index (κ3) is 7.01. The number of hydrogen-bond acceptors (Lipinski definition) is 6. The second-order valence-corrected chi connectivity index (χ2v) is 7.44. The third-order valence-corrected chi connectivity index (χ3v) is 4.90. The Labute approximate surface area is 197 Å². The predicted octanol–water partition coefficient (Wildman–Crippen LogP) is 3.29. The largest absolute Gasteiger partial charge is 0.450 e. The summed E-state index contributed by atoms with van der Waals surface area (Å²) in [5, 5.41) is 9.97. The van der Waals surface area contributed by atoms with Gasteiger partial charge in [-0.1, -0.05) is 24.3 Å². The molecule has 0 atom stereocenters. The van der Waals surface area contributed by atoms with Crippen LogP contribution in [0.2, 0.25) is 0 Å². The van der Waals surface area contributed by atoms with Gasteiger partial charge in [-0.25, -0.2) is 9.48 Å². The zero-order valence-electron chi connectivity index (χ0n) is 19.2. The van der Waals surface area contributed by atoms with E-state index in [2.05, 4.69) is 15.7 Å². The van der Waals surface area contributed by atoms with Crippen LogP contribution in [-0.4, -0.2) is 48.6 Å². The molecule has 0 aliphatic rings. The molecule has 0 aliphatic heterocycles. The first-order valence-corrected chi connectivity index (χ1v) is 11.0. The lowest BCUT2D eigenvalue weighted by molar-refractivity contribution is 0.0948. The number of aromatic nitrogens is 2. The van der Waals surface area contributed by atoms with E-state index in [9.17, 15) is 14.4 Å². The van der Waals surface area contributed by atoms with Crippen molar-refractivity contribution in [3.63, 3.8) is 0 Å². The normalized spacial score (nSPS) is 10.5. The summed E-state index contributed by atoms with van der Waals surface area (Å²) in [5.41, 5.74) is 3.03. The number of amides is 2. The third-order valence-electron chi connectivity index (χ3n) is 4.90. The molecule has 0 spiro atoms. The molecule has 0 unspecified atom stereocenters. The van der Waals surface area contributed by atoms with Crippen molar-refractivity contribution in [3.8, 4) is 11.3 Å². The van der Waals surface area contributed by atoms with Gasteiger partial charge in [0.05, 0.1) is 18.8 Å². The van der Waals surface area contributed by atoms with Gasteiger partial charge >= 0.3 is 6.09 Å². The smallest absolute Gasteiger partial charge is 0.411 e. The average molecular weight is 465 g/mol. The van der Waals surface area contributed by atoms with E-state index in [1.165, 1.54) is 10.7 Å². The van der Waals surface area contributed by atoms with Crippen LogP contribution in [0.5, 0.6) is 0 Å². The fraction of sp³-hybridized carbons (Fsp3) is 0.280. The van der Waals surface area contributed by atoms with Crippen molar-refractivity contribution < 1.29 is 19.1 Å². The molecule has 178 valence electrons. The lowest BCUT2D eigenvalue weighted by atomic mass is 10.1. The van der Waals surface area contributed by atoms with Gasteiger partial charge in [-0.3, -0.25) is 14.9 Å². The fourth-order valence-corrected chi connectivity index (χ4v) is 3.23. The average Bonchev–Trinajstić information content (AvgIpc) is 2.83. The van der Waals surface area contributed by atoms with Gasteiger partial charge in [0.1, 0.15) is 0 Å². The Kier molecular flexibility index (Phi) is 8.93. The Bertz CT molecular complexity index is 1170. The van der Waals surface area contributed by atoms with E-state index in [1.807, 2.05) is 6.07 Å². The van der Waals surface area contributed by atoms with Crippen LogP contribution in [0.1, 0.15) is 29.3 Å². The molecule has 0 radical (unpaired) electrons. The van der Waals surface area contributed by atoms with Crippen molar-refractivity contribution in [2.45, 2.75) is 19.9 Å². The first-order valence-electron chi connectivity index (χ1n) is 11.0. The first kappa shape index (κ1) is 24.7. The van der Waals surface area contributed by atoms with Gasteiger partial charge in [0, 0.05) is 43.1 Å². The maximum absolute atomic E-state index is 12.4. The molecule has 34 heavy (non-hydrogen) atoms. The van der Waals surface area contributed by atoms with Crippen molar-refractivity contribution >= 4 is 17.7 Å². The maximum atomic E-state index is 12.4. The van der Waals surface area contributed by atoms with Crippen LogP contribution in [0.25, 0.3) is 11.3 Å². The molecule has 1 heterocycles. The van der Waals surface area contributed by atoms with Crippen LogP contribution < -0.4 is 16.2 Å². The van der Waals surface area contributed by atoms with Crippen molar-refractivity contribution in [1.29, 1.82) is 0 Å². The quantitative estimate of drug-likeness (QED) is 0.446. The zero-order chi connectivity index (χ0) is 24.3. The summed E-state index contributed by atoms with van der Waals surface area (Å²) in [6.07, 6.45) is 0.206. The number of rotatable bonds is 10. The highest BCUT2D eigenvalue weighted by Crippen LogP contribution is 2.17. The van der Waals surface area contributed by atoms with Crippen molar-refractivity contribution in [3.05, 3.63) is 82.1 Å². The molecule has 2 amide bonds. The highest BCUT2D eigenvalue weighted by molar-refractivity contribution is 5.94. The summed E-state index contributed by atoms with van der Waals surface area (Å²) in [5.74, 6) is -0.156. The van der Waals surface area contributed by atoms with Gasteiger partial charge in [0.15, 0.2) is 0 Å². The first-order chi connectivity index (χ1) is 16.5. The predicted molar refractivity (Wildman–Crippen MR) is 129 cm³/mol. The molecule has 3 rings (SSSR count). The molecule has 3 aromatic rings. The minimum absolute atomic E-state index is 0.156. The number of anilines is 1. The van der Waals surface area contributed by atoms with E-state index in [4.69, 9.17) is 9.47 Å². The lowest BCUT2D eigenvalue weighted by Crippen LogP contribution is -2.25. The summed E-state index contributed by atoms with van der Waals surface area (Å²) in [6.45, 7) is 3.36. The summed E-state index contributed by atoms with van der Waals surface area (Å²) in [7, 11) is 1.62. The molecule has 0 saturated heterocycles. The van der Waals surface area contributed by atoms with Crippen LogP contribution in [0, 0.1) is 0 Å². The number of ether oxygens (including phenoxy) is 2. The SMILES string of the molecule is CCOC(=O)Nc1cccc(Cn2nc(-c3ccc(C(=O)NCCCOC)cc3)ccc2=O)c1. The number of methoxy groups -OCH3 is 1. The summed E-state index contributed by atoms with van der Waals surface area (Å²) in [4.78, 5) is 36.3. The molecule has 2 aromatic carbocycles. The van der Waals surface area contributed by atoms with E-state index in [0.29, 0.717) is 30.1 Å². The topological polar surface area (TPSA) is 112 Å². The second-order valence-electron chi connectivity index (χ2n) is 7.44. The standard InChI is InChI=1S/C25H28N4O5/c1-3-34-25(32)27-21-7-4-6-18(16-21)17-29-23(30)13-12-22(28-29)19-8-10-20(11-9-19)24(31)26-14-5-15-33-2/h4,6-13,16H,3,5,14-15,17H2,1-2H3,(H,26,31)(H,27,32). The van der Waals surface area contributed by atoms with Crippen LogP contribution >= 0.6 is 0 Å². The summed E-state index contributed by atoms with van der Waals surface area (Å²) >= 11 is 0. The Balaban J connectivity index is 1.71. The molecule has 9 nitrogen and oxygen atoms in total. The number of carbonyl (C=O) groups is 2. The molecular formula is C25H28N4O5. The number of nitrogens with one attached hydrogen (secondary N) is 2. The number of hydrogen-bond donors (Lipinski definition) is 2. The molecule has 9 heteroatoms. The van der Waals surface area contributed by atoms with E-state index in [1.54, 1.807) is 62.6 Å². The lowest BCUT2D eigenvalue weighted by Gasteiger charge is -2.10. The van der Waals surface area contributed by atoms with Crippen molar-refractivity contribution in [1.82, 2.24) is 15.1 Å². The van der Waals surface area contributed by atoms with Crippen LogP contribution in [-0.2, 0) is 16.0 Å². The number of benzene rings is 2. The molecule has 2 N–H and O–H groups in total. The zero-order valence-corrected chi connectivity index (χ0v) is 19.2. The van der Waals surface area contributed by atoms with Gasteiger partial charge in [0.25, 0.3) is 11.5 Å². The minimum atomic E-state index is -0.538.